The van der Waals surface area contributed by atoms with E-state index in [2.05, 4.69) is 0 Å². The molecular formula is C12H13BFO6P. The van der Waals surface area contributed by atoms with Crippen molar-refractivity contribution in [2.45, 2.75) is 24.4 Å². The molecule has 2 N–H and O–H groups in total. The standard InChI is InChI=1S/C12H13BFO6P/c13-11-9(14)10(8(19-11)6-21(16,17)18)20-12(15)7-4-2-1-3-5-7/h1-5,8-11H,6H2,(H2,16,17,18). The van der Waals surface area contributed by atoms with Gasteiger partial charge in [-0.25, -0.2) is 9.18 Å². The first-order valence-electron chi connectivity index (χ1n) is 6.13. The van der Waals surface area contributed by atoms with Crippen molar-refractivity contribution < 1.29 is 33.0 Å². The molecule has 4 unspecified atom stereocenters. The van der Waals surface area contributed by atoms with Crippen LogP contribution >= 0.6 is 7.60 Å². The fourth-order valence-corrected chi connectivity index (χ4v) is 2.80. The van der Waals surface area contributed by atoms with E-state index in [9.17, 15) is 13.8 Å². The third kappa shape index (κ3) is 4.14. The maximum absolute atomic E-state index is 13.9. The monoisotopic (exact) mass is 314 g/mol. The van der Waals surface area contributed by atoms with Gasteiger partial charge in [0, 0.05) is 0 Å². The van der Waals surface area contributed by atoms with E-state index in [1.165, 1.54) is 12.1 Å². The molecule has 21 heavy (non-hydrogen) atoms. The van der Waals surface area contributed by atoms with Gasteiger partial charge >= 0.3 is 13.6 Å². The van der Waals surface area contributed by atoms with Crippen LogP contribution in [0.1, 0.15) is 10.4 Å². The summed E-state index contributed by atoms with van der Waals surface area (Å²) >= 11 is 0. The highest BCUT2D eigenvalue weighted by Crippen LogP contribution is 2.40. The van der Waals surface area contributed by atoms with Crippen molar-refractivity contribution in [2.75, 3.05) is 6.16 Å². The van der Waals surface area contributed by atoms with Gasteiger partial charge in [0.05, 0.1) is 17.7 Å². The average molecular weight is 314 g/mol. The fraction of sp³-hybridized carbons (Fsp3) is 0.417. The summed E-state index contributed by atoms with van der Waals surface area (Å²) < 4.78 is 34.8. The van der Waals surface area contributed by atoms with Crippen molar-refractivity contribution in [1.29, 1.82) is 0 Å². The van der Waals surface area contributed by atoms with Gasteiger partial charge in [0.25, 0.3) is 0 Å². The quantitative estimate of drug-likeness (QED) is 0.481. The highest BCUT2D eigenvalue weighted by atomic mass is 31.2. The molecule has 1 aliphatic rings. The van der Waals surface area contributed by atoms with Crippen molar-refractivity contribution in [3.63, 3.8) is 0 Å². The Hall–Kier alpha value is -1.21. The zero-order valence-electron chi connectivity index (χ0n) is 10.8. The topological polar surface area (TPSA) is 93.1 Å². The van der Waals surface area contributed by atoms with E-state index in [1.807, 2.05) is 0 Å². The van der Waals surface area contributed by atoms with Gasteiger partial charge in [-0.05, 0) is 12.1 Å². The third-order valence-corrected chi connectivity index (χ3v) is 3.83. The van der Waals surface area contributed by atoms with Gasteiger partial charge in [-0.15, -0.1) is 0 Å². The summed E-state index contributed by atoms with van der Waals surface area (Å²) in [5.41, 5.74) is 0.195. The van der Waals surface area contributed by atoms with E-state index < -0.39 is 44.1 Å². The Labute approximate surface area is 121 Å². The van der Waals surface area contributed by atoms with Crippen LogP contribution in [0.3, 0.4) is 0 Å². The zero-order valence-corrected chi connectivity index (χ0v) is 11.7. The molecule has 4 atom stereocenters. The molecule has 1 aromatic carbocycles. The second-order valence-electron chi connectivity index (χ2n) is 4.67. The predicted molar refractivity (Wildman–Crippen MR) is 71.9 cm³/mol. The lowest BCUT2D eigenvalue weighted by Gasteiger charge is -2.20. The lowest BCUT2D eigenvalue weighted by atomic mass is 9.94. The lowest BCUT2D eigenvalue weighted by molar-refractivity contribution is -0.00336. The van der Waals surface area contributed by atoms with Gasteiger partial charge in [0.15, 0.2) is 12.3 Å². The summed E-state index contributed by atoms with van der Waals surface area (Å²) in [5, 5.41) is 0. The number of hydrogen-bond acceptors (Lipinski definition) is 4. The lowest BCUT2D eigenvalue weighted by Crippen LogP contribution is -2.36. The Balaban J connectivity index is 2.11. The summed E-state index contributed by atoms with van der Waals surface area (Å²) in [4.78, 5) is 29.8. The molecular weight excluding hydrogens is 301 g/mol. The van der Waals surface area contributed by atoms with Gasteiger partial charge in [-0.1, -0.05) is 18.2 Å². The highest BCUT2D eigenvalue weighted by molar-refractivity contribution is 7.51. The summed E-state index contributed by atoms with van der Waals surface area (Å²) in [6.07, 6.45) is -5.37. The minimum Gasteiger partial charge on any atom is -0.453 e. The molecule has 0 aromatic heterocycles. The maximum atomic E-state index is 13.9. The summed E-state index contributed by atoms with van der Waals surface area (Å²) in [5.74, 6) is -0.809. The number of hydrogen-bond donors (Lipinski definition) is 2. The van der Waals surface area contributed by atoms with Gasteiger partial charge < -0.3 is 19.3 Å². The minimum absolute atomic E-state index is 0.195. The van der Waals surface area contributed by atoms with Crippen LogP contribution in [0.25, 0.3) is 0 Å². The molecule has 0 aliphatic carbocycles. The molecule has 6 nitrogen and oxygen atoms in total. The van der Waals surface area contributed by atoms with Crippen molar-refractivity contribution in [3.05, 3.63) is 35.9 Å². The van der Waals surface area contributed by atoms with Gasteiger partial charge in [0.2, 0.25) is 0 Å². The molecule has 2 radical (unpaired) electrons. The molecule has 1 fully saturated rings. The summed E-state index contributed by atoms with van der Waals surface area (Å²) in [7, 11) is 0.892. The van der Waals surface area contributed by atoms with E-state index in [0.717, 1.165) is 0 Å². The van der Waals surface area contributed by atoms with Gasteiger partial charge in [0.1, 0.15) is 14.0 Å². The second kappa shape index (κ2) is 6.28. The Morgan fingerprint density at radius 2 is 2.00 bits per heavy atom. The Morgan fingerprint density at radius 3 is 2.57 bits per heavy atom. The molecule has 2 rings (SSSR count). The van der Waals surface area contributed by atoms with E-state index in [1.54, 1.807) is 18.2 Å². The Morgan fingerprint density at radius 1 is 1.38 bits per heavy atom. The van der Waals surface area contributed by atoms with Crippen LogP contribution in [-0.2, 0) is 14.0 Å². The van der Waals surface area contributed by atoms with Crippen LogP contribution in [-0.4, -0.2) is 54.1 Å². The first-order chi connectivity index (χ1) is 9.78. The number of alkyl halides is 1. The van der Waals surface area contributed by atoms with Crippen molar-refractivity contribution in [3.8, 4) is 0 Å². The number of rotatable bonds is 4. The first kappa shape index (κ1) is 16.2. The minimum atomic E-state index is -4.46. The van der Waals surface area contributed by atoms with Gasteiger partial charge in [-0.3, -0.25) is 4.57 Å². The maximum Gasteiger partial charge on any atom is 0.338 e. The first-order valence-corrected chi connectivity index (χ1v) is 7.93. The van der Waals surface area contributed by atoms with Crippen LogP contribution in [0, 0.1) is 0 Å². The van der Waals surface area contributed by atoms with Crippen LogP contribution < -0.4 is 0 Å². The zero-order chi connectivity index (χ0) is 15.6. The largest absolute Gasteiger partial charge is 0.453 e. The third-order valence-electron chi connectivity index (χ3n) is 3.00. The highest BCUT2D eigenvalue weighted by Gasteiger charge is 2.47. The van der Waals surface area contributed by atoms with E-state index in [0.29, 0.717) is 0 Å². The molecule has 0 saturated carbocycles. The molecule has 9 heteroatoms. The SMILES string of the molecule is [B]C1OC(CP(=O)(O)O)C(OC(=O)c2ccccc2)C1F. The summed E-state index contributed by atoms with van der Waals surface area (Å²) in [6, 6.07) is 6.46. The van der Waals surface area contributed by atoms with Crippen LogP contribution in [0.4, 0.5) is 4.39 Å². The van der Waals surface area contributed by atoms with Gasteiger partial charge in [-0.2, -0.15) is 0 Å². The van der Waals surface area contributed by atoms with Crippen molar-refractivity contribution >= 4 is 21.4 Å². The Bertz CT molecular complexity index is 550. The summed E-state index contributed by atoms with van der Waals surface area (Å²) in [6.45, 7) is 0. The van der Waals surface area contributed by atoms with Crippen LogP contribution in [0.2, 0.25) is 0 Å². The molecule has 0 amide bonds. The number of carbonyl (C=O) groups excluding carboxylic acids is 1. The second-order valence-corrected chi connectivity index (χ2v) is 6.36. The Kier molecular flexibility index (Phi) is 4.83. The number of esters is 1. The molecule has 0 bridgehead atoms. The molecule has 1 aromatic rings. The molecule has 112 valence electrons. The van der Waals surface area contributed by atoms with Crippen LogP contribution in [0.15, 0.2) is 30.3 Å². The number of ether oxygens (including phenoxy) is 2. The number of halogens is 1. The smallest absolute Gasteiger partial charge is 0.338 e. The van der Waals surface area contributed by atoms with E-state index >= 15 is 0 Å². The average Bonchev–Trinajstić information content (AvgIpc) is 2.65. The van der Waals surface area contributed by atoms with Crippen molar-refractivity contribution in [1.82, 2.24) is 0 Å². The fourth-order valence-electron chi connectivity index (χ4n) is 2.03. The molecule has 1 aliphatic heterocycles. The number of benzene rings is 1. The molecule has 1 saturated heterocycles. The van der Waals surface area contributed by atoms with Crippen molar-refractivity contribution in [2.24, 2.45) is 0 Å². The normalized spacial score (nSPS) is 29.3. The van der Waals surface area contributed by atoms with E-state index in [4.69, 9.17) is 27.1 Å². The predicted octanol–water partition coefficient (Wildman–Crippen LogP) is 0.621. The number of carbonyl (C=O) groups is 1. The van der Waals surface area contributed by atoms with E-state index in [-0.39, 0.29) is 5.56 Å². The van der Waals surface area contributed by atoms with Crippen LogP contribution in [0.5, 0.6) is 0 Å². The molecule has 0 spiro atoms. The molecule has 1 heterocycles.